The summed E-state index contributed by atoms with van der Waals surface area (Å²) in [6.07, 6.45) is 0. The number of fused-ring (bicyclic) bond motifs is 9. The molecule has 0 saturated heterocycles. The molecule has 14 aromatic rings. The Labute approximate surface area is 392 Å². The fourth-order valence-corrected chi connectivity index (χ4v) is 10.9. The van der Waals surface area contributed by atoms with Crippen molar-refractivity contribution < 1.29 is 4.42 Å². The monoisotopic (exact) mass is 867 g/mol. The molecule has 4 nitrogen and oxygen atoms in total. The summed E-state index contributed by atoms with van der Waals surface area (Å²) in [4.78, 5) is 4.69. The number of para-hydroxylation sites is 5. The van der Waals surface area contributed by atoms with E-state index in [9.17, 15) is 0 Å². The Balaban J connectivity index is 0.978. The largest absolute Gasteiger partial charge is 0.456 e. The Kier molecular flexibility index (Phi) is 8.55. The van der Waals surface area contributed by atoms with Gasteiger partial charge in [0.1, 0.15) is 11.2 Å². The lowest BCUT2D eigenvalue weighted by Crippen LogP contribution is -2.13. The molecule has 0 radical (unpaired) electrons. The third-order valence-electron chi connectivity index (χ3n) is 13.8. The van der Waals surface area contributed by atoms with Crippen LogP contribution in [0, 0.1) is 0 Å². The molecule has 4 heteroatoms. The van der Waals surface area contributed by atoms with E-state index in [4.69, 9.17) is 4.42 Å². The summed E-state index contributed by atoms with van der Waals surface area (Å²) in [7, 11) is 0. The zero-order chi connectivity index (χ0) is 44.7. The third kappa shape index (κ3) is 5.94. The molecule has 318 valence electrons. The number of hydrogen-bond donors (Lipinski definition) is 0. The predicted molar refractivity (Wildman–Crippen MR) is 286 cm³/mol. The van der Waals surface area contributed by atoms with E-state index in [2.05, 4.69) is 263 Å². The minimum absolute atomic E-state index is 0.860. The number of nitrogens with zero attached hydrogens (tertiary/aromatic N) is 3. The van der Waals surface area contributed by atoms with Crippen molar-refractivity contribution in [2.75, 3.05) is 9.80 Å². The molecular weight excluding hydrogens is 827 g/mol. The van der Waals surface area contributed by atoms with Crippen molar-refractivity contribution in [1.29, 1.82) is 0 Å². The summed E-state index contributed by atoms with van der Waals surface area (Å²) < 4.78 is 9.13. The molecule has 0 saturated carbocycles. The number of hydrogen-bond acceptors (Lipinski definition) is 3. The van der Waals surface area contributed by atoms with Crippen LogP contribution < -0.4 is 9.80 Å². The van der Waals surface area contributed by atoms with E-state index in [1.807, 2.05) is 0 Å². The minimum atomic E-state index is 0.860. The van der Waals surface area contributed by atoms with Crippen molar-refractivity contribution in [3.05, 3.63) is 249 Å². The van der Waals surface area contributed by atoms with E-state index in [1.165, 1.54) is 54.4 Å². The van der Waals surface area contributed by atoms with Crippen molar-refractivity contribution >= 4 is 105 Å². The van der Waals surface area contributed by atoms with E-state index in [1.54, 1.807) is 0 Å². The Bertz CT molecular complexity index is 4000. The number of rotatable bonds is 8. The van der Waals surface area contributed by atoms with Crippen LogP contribution in [0.2, 0.25) is 0 Å². The summed E-state index contributed by atoms with van der Waals surface area (Å²) in [5.41, 5.74) is 16.4. The number of benzene rings is 11. The van der Waals surface area contributed by atoms with Gasteiger partial charge >= 0.3 is 0 Å². The van der Waals surface area contributed by atoms with Crippen molar-refractivity contribution in [3.8, 4) is 22.3 Å². The maximum Gasteiger partial charge on any atom is 0.135 e. The van der Waals surface area contributed by atoms with Gasteiger partial charge in [0, 0.05) is 66.4 Å². The smallest absolute Gasteiger partial charge is 0.135 e. The first-order chi connectivity index (χ1) is 33.7. The van der Waals surface area contributed by atoms with E-state index in [0.717, 1.165) is 72.8 Å². The van der Waals surface area contributed by atoms with Crippen LogP contribution in [0.4, 0.5) is 34.1 Å². The first-order valence-corrected chi connectivity index (χ1v) is 23.2. The molecule has 0 aliphatic heterocycles. The average molecular weight is 868 g/mol. The maximum atomic E-state index is 6.64. The van der Waals surface area contributed by atoms with Gasteiger partial charge < -0.3 is 18.6 Å². The van der Waals surface area contributed by atoms with E-state index >= 15 is 0 Å². The quantitative estimate of drug-likeness (QED) is 0.112. The summed E-state index contributed by atoms with van der Waals surface area (Å²) in [6, 6.07) is 89.8. The highest BCUT2D eigenvalue weighted by Gasteiger charge is 2.23. The van der Waals surface area contributed by atoms with Gasteiger partial charge in [-0.3, -0.25) is 0 Å². The third-order valence-corrected chi connectivity index (χ3v) is 13.8. The van der Waals surface area contributed by atoms with Crippen LogP contribution in [0.5, 0.6) is 0 Å². The van der Waals surface area contributed by atoms with Crippen LogP contribution in [0.25, 0.3) is 93.1 Å². The Morgan fingerprint density at radius 2 is 0.809 bits per heavy atom. The molecule has 14 rings (SSSR count). The standard InChI is InChI=1S/C64H41N3O/c1-5-18-46(19-6-1)65(47-20-7-2-8-21-47)50-37-45(38-51(41-50)66(48-22-9-3-10-23-48)49-24-11-4-12-25-49)43-32-35-60-56(39-43)57-40-44(33-36-61(57)68-60)52-27-16-30-59-63(52)55-34-31-42-17-15-28-54-53-26-13-14-29-58(53)67(59)64(55)62(42)54/h1-41H. The summed E-state index contributed by atoms with van der Waals surface area (Å²) in [5.74, 6) is 0. The average Bonchev–Trinajstić information content (AvgIpc) is 3.96. The van der Waals surface area contributed by atoms with Gasteiger partial charge in [0.2, 0.25) is 0 Å². The van der Waals surface area contributed by atoms with Crippen LogP contribution in [0.15, 0.2) is 253 Å². The van der Waals surface area contributed by atoms with Crippen LogP contribution in [0.3, 0.4) is 0 Å². The fourth-order valence-electron chi connectivity index (χ4n) is 10.9. The van der Waals surface area contributed by atoms with Gasteiger partial charge in [-0.2, -0.15) is 0 Å². The number of anilines is 6. The highest BCUT2D eigenvalue weighted by atomic mass is 16.3. The highest BCUT2D eigenvalue weighted by molar-refractivity contribution is 6.30. The van der Waals surface area contributed by atoms with Gasteiger partial charge in [-0.1, -0.05) is 146 Å². The highest BCUT2D eigenvalue weighted by Crippen LogP contribution is 2.47. The van der Waals surface area contributed by atoms with Crippen LogP contribution in [-0.4, -0.2) is 4.40 Å². The Morgan fingerprint density at radius 1 is 0.294 bits per heavy atom. The molecule has 0 aliphatic rings. The SMILES string of the molecule is c1ccc(N(c2ccccc2)c2cc(-c3ccc4oc5ccc(-c6cccc7c6c6ccc8cccc9c%10ccccc%10n7c6c89)cc5c4c3)cc(N(c3ccccc3)c3ccccc3)c2)cc1. The molecule has 0 N–H and O–H groups in total. The maximum absolute atomic E-state index is 6.64. The second-order valence-corrected chi connectivity index (χ2v) is 17.7. The molecule has 11 aromatic carbocycles. The van der Waals surface area contributed by atoms with Crippen molar-refractivity contribution in [2.24, 2.45) is 0 Å². The van der Waals surface area contributed by atoms with Gasteiger partial charge in [0.25, 0.3) is 0 Å². The minimum Gasteiger partial charge on any atom is -0.456 e. The lowest BCUT2D eigenvalue weighted by molar-refractivity contribution is 0.669. The van der Waals surface area contributed by atoms with Gasteiger partial charge in [-0.05, 0) is 136 Å². The molecule has 3 aromatic heterocycles. The van der Waals surface area contributed by atoms with E-state index < -0.39 is 0 Å². The molecule has 0 fully saturated rings. The zero-order valence-corrected chi connectivity index (χ0v) is 36.9. The summed E-state index contributed by atoms with van der Waals surface area (Å²) >= 11 is 0. The molecule has 68 heavy (non-hydrogen) atoms. The van der Waals surface area contributed by atoms with Crippen molar-refractivity contribution in [1.82, 2.24) is 4.40 Å². The molecule has 0 bridgehead atoms. The zero-order valence-electron chi connectivity index (χ0n) is 36.9. The lowest BCUT2D eigenvalue weighted by atomic mass is 9.95. The second kappa shape index (κ2) is 15.2. The number of pyridine rings is 1. The first-order valence-electron chi connectivity index (χ1n) is 23.2. The molecular formula is C64H41N3O. The molecule has 3 heterocycles. The number of aromatic nitrogens is 1. The summed E-state index contributed by atoms with van der Waals surface area (Å²) in [6.45, 7) is 0. The topological polar surface area (TPSA) is 24.0 Å². The van der Waals surface area contributed by atoms with Gasteiger partial charge in [0.15, 0.2) is 0 Å². The van der Waals surface area contributed by atoms with E-state index in [-0.39, 0.29) is 0 Å². The molecule has 0 unspecified atom stereocenters. The van der Waals surface area contributed by atoms with Gasteiger partial charge in [-0.15, -0.1) is 0 Å². The molecule has 0 atom stereocenters. The van der Waals surface area contributed by atoms with Gasteiger partial charge in [-0.25, -0.2) is 0 Å². The van der Waals surface area contributed by atoms with E-state index in [0.29, 0.717) is 0 Å². The Morgan fingerprint density at radius 3 is 1.43 bits per heavy atom. The predicted octanol–water partition coefficient (Wildman–Crippen LogP) is 18.2. The lowest BCUT2D eigenvalue weighted by Gasteiger charge is -2.30. The van der Waals surface area contributed by atoms with Gasteiger partial charge in [0.05, 0.1) is 16.6 Å². The molecule has 0 spiro atoms. The summed E-state index contributed by atoms with van der Waals surface area (Å²) in [5, 5.41) is 9.82. The normalized spacial score (nSPS) is 11.8. The Hall–Kier alpha value is -9.12. The second-order valence-electron chi connectivity index (χ2n) is 17.7. The molecule has 0 amide bonds. The fraction of sp³-hybridized carbons (Fsp3) is 0. The number of furan rings is 1. The van der Waals surface area contributed by atoms with Crippen LogP contribution >= 0.6 is 0 Å². The van der Waals surface area contributed by atoms with Crippen LogP contribution in [-0.2, 0) is 0 Å². The van der Waals surface area contributed by atoms with Crippen molar-refractivity contribution in [3.63, 3.8) is 0 Å². The van der Waals surface area contributed by atoms with Crippen LogP contribution in [0.1, 0.15) is 0 Å². The van der Waals surface area contributed by atoms with Crippen molar-refractivity contribution in [2.45, 2.75) is 0 Å². The first kappa shape index (κ1) is 38.2. The molecule has 0 aliphatic carbocycles.